The van der Waals surface area contributed by atoms with Gasteiger partial charge in [-0.25, -0.2) is 4.99 Å². The Morgan fingerprint density at radius 2 is 1.57 bits per heavy atom. The molecule has 28 heavy (non-hydrogen) atoms. The predicted molar refractivity (Wildman–Crippen MR) is 125 cm³/mol. The number of aryl methyl sites for hydroxylation is 1. The molecule has 1 heterocycles. The highest BCUT2D eigenvalue weighted by Crippen LogP contribution is 2.23. The van der Waals surface area contributed by atoms with E-state index >= 15 is 0 Å². The third-order valence-corrected chi connectivity index (χ3v) is 5.50. The molecule has 1 aromatic heterocycles. The number of para-hydroxylation sites is 1. The van der Waals surface area contributed by atoms with Crippen LogP contribution in [0.1, 0.15) is 11.1 Å². The zero-order valence-corrected chi connectivity index (χ0v) is 18.7. The van der Waals surface area contributed by atoms with Crippen LogP contribution in [-0.2, 0) is 6.54 Å². The summed E-state index contributed by atoms with van der Waals surface area (Å²) in [4.78, 5) is 5.85. The first-order valence-electron chi connectivity index (χ1n) is 8.79. The Morgan fingerprint density at radius 3 is 2.25 bits per heavy atom. The molecule has 0 aliphatic heterocycles. The summed E-state index contributed by atoms with van der Waals surface area (Å²) in [6.07, 6.45) is 0. The third-order valence-electron chi connectivity index (χ3n) is 4.38. The summed E-state index contributed by atoms with van der Waals surface area (Å²) >= 11 is 7.71. The summed E-state index contributed by atoms with van der Waals surface area (Å²) < 4.78 is 2.27. The molecular formula is C23H20BrClN2S. The SMILES string of the molecule is Br.Cc1ccc(-c2csc(=Nc3ccccc3)n2Cc2ccc(Cl)cc2)cc1. The molecule has 0 amide bonds. The number of hydrogen-bond acceptors (Lipinski definition) is 2. The average Bonchev–Trinajstić information content (AvgIpc) is 3.07. The minimum atomic E-state index is 0. The van der Waals surface area contributed by atoms with Gasteiger partial charge in [0.05, 0.1) is 17.9 Å². The van der Waals surface area contributed by atoms with Gasteiger partial charge in [-0.2, -0.15) is 0 Å². The van der Waals surface area contributed by atoms with E-state index in [1.165, 1.54) is 22.4 Å². The Bertz CT molecular complexity index is 1100. The van der Waals surface area contributed by atoms with Crippen molar-refractivity contribution in [1.29, 1.82) is 0 Å². The molecule has 0 fully saturated rings. The average molecular weight is 472 g/mol. The van der Waals surface area contributed by atoms with Crippen molar-refractivity contribution in [2.45, 2.75) is 13.5 Å². The van der Waals surface area contributed by atoms with Crippen molar-refractivity contribution in [3.63, 3.8) is 0 Å². The Kier molecular flexibility index (Phi) is 6.89. The van der Waals surface area contributed by atoms with Crippen molar-refractivity contribution in [2.24, 2.45) is 4.99 Å². The number of rotatable bonds is 4. The summed E-state index contributed by atoms with van der Waals surface area (Å²) in [6.45, 7) is 2.85. The van der Waals surface area contributed by atoms with E-state index in [0.29, 0.717) is 0 Å². The predicted octanol–water partition coefficient (Wildman–Crippen LogP) is 7.04. The van der Waals surface area contributed by atoms with Crippen LogP contribution in [0.25, 0.3) is 11.3 Å². The van der Waals surface area contributed by atoms with E-state index in [0.717, 1.165) is 22.1 Å². The van der Waals surface area contributed by atoms with Crippen molar-refractivity contribution in [3.05, 3.63) is 105 Å². The molecule has 0 aliphatic carbocycles. The van der Waals surface area contributed by atoms with Gasteiger partial charge in [-0.3, -0.25) is 0 Å². The van der Waals surface area contributed by atoms with Gasteiger partial charge in [0.1, 0.15) is 0 Å². The van der Waals surface area contributed by atoms with Crippen LogP contribution >= 0.6 is 39.9 Å². The summed E-state index contributed by atoms with van der Waals surface area (Å²) in [7, 11) is 0. The van der Waals surface area contributed by atoms with Crippen LogP contribution in [-0.4, -0.2) is 4.57 Å². The first-order valence-corrected chi connectivity index (χ1v) is 10.0. The first kappa shape index (κ1) is 20.6. The summed E-state index contributed by atoms with van der Waals surface area (Å²) in [5, 5.41) is 2.93. The lowest BCUT2D eigenvalue weighted by atomic mass is 10.1. The van der Waals surface area contributed by atoms with Crippen molar-refractivity contribution in [2.75, 3.05) is 0 Å². The fourth-order valence-corrected chi connectivity index (χ4v) is 3.97. The van der Waals surface area contributed by atoms with Crippen LogP contribution in [0, 0.1) is 6.92 Å². The molecule has 2 nitrogen and oxygen atoms in total. The molecule has 0 unspecified atom stereocenters. The standard InChI is InChI=1S/C23H19ClN2S.BrH/c1-17-7-11-19(12-8-17)22-16-27-23(25-21-5-3-2-4-6-21)26(22)15-18-9-13-20(24)14-10-18;/h2-14,16H,15H2,1H3;1H. The molecule has 0 aliphatic rings. The van der Waals surface area contributed by atoms with E-state index in [9.17, 15) is 0 Å². The van der Waals surface area contributed by atoms with Crippen LogP contribution in [0.15, 0.2) is 89.2 Å². The van der Waals surface area contributed by atoms with Gasteiger partial charge in [0.2, 0.25) is 0 Å². The maximum absolute atomic E-state index is 6.05. The van der Waals surface area contributed by atoms with Crippen LogP contribution in [0.4, 0.5) is 5.69 Å². The van der Waals surface area contributed by atoms with Gasteiger partial charge < -0.3 is 4.57 Å². The molecule has 4 rings (SSSR count). The molecule has 0 atom stereocenters. The third kappa shape index (κ3) is 4.82. The number of nitrogens with zero attached hydrogens (tertiary/aromatic N) is 2. The highest BCUT2D eigenvalue weighted by atomic mass is 79.9. The molecule has 4 aromatic rings. The summed E-state index contributed by atoms with van der Waals surface area (Å²) in [6, 6.07) is 26.7. The van der Waals surface area contributed by atoms with Gasteiger partial charge in [0, 0.05) is 10.4 Å². The Morgan fingerprint density at radius 1 is 0.893 bits per heavy atom. The van der Waals surface area contributed by atoms with Crippen LogP contribution in [0.2, 0.25) is 5.02 Å². The van der Waals surface area contributed by atoms with Gasteiger partial charge in [-0.1, -0.05) is 71.8 Å². The topological polar surface area (TPSA) is 17.3 Å². The smallest absolute Gasteiger partial charge is 0.190 e. The minimum Gasteiger partial charge on any atom is -0.312 e. The molecule has 3 aromatic carbocycles. The van der Waals surface area contributed by atoms with E-state index in [2.05, 4.69) is 53.3 Å². The monoisotopic (exact) mass is 470 g/mol. The number of hydrogen-bond donors (Lipinski definition) is 0. The number of halogens is 2. The van der Waals surface area contributed by atoms with E-state index in [-0.39, 0.29) is 17.0 Å². The fraction of sp³-hybridized carbons (Fsp3) is 0.0870. The van der Waals surface area contributed by atoms with Crippen molar-refractivity contribution < 1.29 is 0 Å². The molecule has 5 heteroatoms. The Balaban J connectivity index is 0.00000225. The molecule has 0 radical (unpaired) electrons. The maximum atomic E-state index is 6.05. The van der Waals surface area contributed by atoms with E-state index < -0.39 is 0 Å². The number of thiazole rings is 1. The van der Waals surface area contributed by atoms with Gasteiger partial charge in [0.25, 0.3) is 0 Å². The normalized spacial score (nSPS) is 11.3. The highest BCUT2D eigenvalue weighted by Gasteiger charge is 2.09. The summed E-state index contributed by atoms with van der Waals surface area (Å²) in [5.41, 5.74) is 5.78. The van der Waals surface area contributed by atoms with Gasteiger partial charge >= 0.3 is 0 Å². The largest absolute Gasteiger partial charge is 0.312 e. The van der Waals surface area contributed by atoms with Crippen LogP contribution in [0.3, 0.4) is 0 Å². The van der Waals surface area contributed by atoms with E-state index in [1.807, 2.05) is 42.5 Å². The molecule has 0 bridgehead atoms. The molecule has 0 saturated heterocycles. The molecule has 0 saturated carbocycles. The summed E-state index contributed by atoms with van der Waals surface area (Å²) in [5.74, 6) is 0. The maximum Gasteiger partial charge on any atom is 0.190 e. The van der Waals surface area contributed by atoms with Crippen LogP contribution in [0.5, 0.6) is 0 Å². The zero-order chi connectivity index (χ0) is 18.6. The van der Waals surface area contributed by atoms with Gasteiger partial charge in [0.15, 0.2) is 4.80 Å². The quantitative estimate of drug-likeness (QED) is 0.304. The van der Waals surface area contributed by atoms with Crippen molar-refractivity contribution in [1.82, 2.24) is 4.57 Å². The highest BCUT2D eigenvalue weighted by molar-refractivity contribution is 8.93. The number of benzene rings is 3. The molecule has 0 N–H and O–H groups in total. The second-order valence-corrected chi connectivity index (χ2v) is 7.70. The lowest BCUT2D eigenvalue weighted by molar-refractivity contribution is 0.778. The zero-order valence-electron chi connectivity index (χ0n) is 15.4. The lowest BCUT2D eigenvalue weighted by Crippen LogP contribution is -2.16. The van der Waals surface area contributed by atoms with Crippen LogP contribution < -0.4 is 4.80 Å². The lowest BCUT2D eigenvalue weighted by Gasteiger charge is -2.10. The Hall–Kier alpha value is -2.14. The number of aromatic nitrogens is 1. The molecule has 0 spiro atoms. The molecule has 142 valence electrons. The Labute approximate surface area is 184 Å². The van der Waals surface area contributed by atoms with Gasteiger partial charge in [-0.05, 0) is 42.3 Å². The van der Waals surface area contributed by atoms with E-state index in [1.54, 1.807) is 11.3 Å². The fourth-order valence-electron chi connectivity index (χ4n) is 2.91. The van der Waals surface area contributed by atoms with Gasteiger partial charge in [-0.15, -0.1) is 28.3 Å². The first-order chi connectivity index (χ1) is 13.2. The van der Waals surface area contributed by atoms with Crippen molar-refractivity contribution >= 4 is 45.6 Å². The van der Waals surface area contributed by atoms with E-state index in [4.69, 9.17) is 16.6 Å². The minimum absolute atomic E-state index is 0. The van der Waals surface area contributed by atoms with Crippen molar-refractivity contribution in [3.8, 4) is 11.3 Å². The molecular weight excluding hydrogens is 452 g/mol. The second kappa shape index (κ2) is 9.37. The second-order valence-electron chi connectivity index (χ2n) is 6.43.